The van der Waals surface area contributed by atoms with Crippen LogP contribution in [0.3, 0.4) is 0 Å². The van der Waals surface area contributed by atoms with Gasteiger partial charge in [-0.15, -0.1) is 11.6 Å². The molecular weight excluding hydrogens is 280 g/mol. The van der Waals surface area contributed by atoms with Gasteiger partial charge in [-0.2, -0.15) is 0 Å². The molecule has 1 saturated heterocycles. The van der Waals surface area contributed by atoms with E-state index in [1.165, 1.54) is 6.92 Å². The molecule has 5 nitrogen and oxygen atoms in total. The molecular formula is C14H23ClN2O3. The van der Waals surface area contributed by atoms with E-state index in [9.17, 15) is 14.4 Å². The van der Waals surface area contributed by atoms with Crippen molar-refractivity contribution in [1.82, 2.24) is 9.80 Å². The summed E-state index contributed by atoms with van der Waals surface area (Å²) in [5.74, 6) is 0.326. The minimum Gasteiger partial charge on any atom is -0.339 e. The number of alkyl halides is 1. The Hall–Kier alpha value is -1.10. The molecule has 1 aliphatic heterocycles. The smallest absolute Gasteiger partial charge is 0.229 e. The third-order valence-corrected chi connectivity index (χ3v) is 4.19. The summed E-state index contributed by atoms with van der Waals surface area (Å²) in [6, 6.07) is 0. The lowest BCUT2D eigenvalue weighted by molar-refractivity contribution is -0.144. The number of rotatable bonds is 5. The number of piperazine rings is 1. The van der Waals surface area contributed by atoms with Crippen LogP contribution in [0.4, 0.5) is 0 Å². The van der Waals surface area contributed by atoms with Crippen LogP contribution in [0.25, 0.3) is 0 Å². The third kappa shape index (κ3) is 4.47. The Morgan fingerprint density at radius 1 is 1.00 bits per heavy atom. The van der Waals surface area contributed by atoms with Gasteiger partial charge in [-0.1, -0.05) is 0 Å². The Labute approximate surface area is 125 Å². The second kappa shape index (κ2) is 7.07. The second-order valence-corrected chi connectivity index (χ2v) is 6.16. The quantitative estimate of drug-likeness (QED) is 0.719. The van der Waals surface area contributed by atoms with Crippen LogP contribution >= 0.6 is 11.6 Å². The summed E-state index contributed by atoms with van der Waals surface area (Å²) in [5.41, 5.74) is -0.567. The first-order valence-electron chi connectivity index (χ1n) is 6.90. The van der Waals surface area contributed by atoms with E-state index in [4.69, 9.17) is 11.6 Å². The Balaban J connectivity index is 2.46. The molecule has 114 valence electrons. The fourth-order valence-corrected chi connectivity index (χ4v) is 2.20. The van der Waals surface area contributed by atoms with Crippen molar-refractivity contribution in [2.24, 2.45) is 5.41 Å². The molecule has 1 aliphatic rings. The lowest BCUT2D eigenvalue weighted by Gasteiger charge is -2.38. The Kier molecular flexibility index (Phi) is 5.99. The molecule has 0 aromatic heterocycles. The third-order valence-electron chi connectivity index (χ3n) is 3.52. The zero-order valence-electron chi connectivity index (χ0n) is 12.4. The molecule has 2 amide bonds. The predicted molar refractivity (Wildman–Crippen MR) is 77.6 cm³/mol. The molecule has 0 unspecified atom stereocenters. The van der Waals surface area contributed by atoms with Gasteiger partial charge in [-0.25, -0.2) is 0 Å². The van der Waals surface area contributed by atoms with Crippen LogP contribution in [0.1, 0.15) is 33.6 Å². The monoisotopic (exact) mass is 302 g/mol. The van der Waals surface area contributed by atoms with E-state index in [2.05, 4.69) is 0 Å². The van der Waals surface area contributed by atoms with Gasteiger partial charge >= 0.3 is 0 Å². The highest BCUT2D eigenvalue weighted by Gasteiger charge is 2.33. The molecule has 0 spiro atoms. The number of nitrogens with zero attached hydrogens (tertiary/aromatic N) is 2. The van der Waals surface area contributed by atoms with Crippen LogP contribution in [0.2, 0.25) is 0 Å². The van der Waals surface area contributed by atoms with Crippen molar-refractivity contribution in [3.8, 4) is 0 Å². The van der Waals surface area contributed by atoms with E-state index in [1.54, 1.807) is 9.80 Å². The first-order valence-corrected chi connectivity index (χ1v) is 7.44. The lowest BCUT2D eigenvalue weighted by Crippen LogP contribution is -2.53. The Bertz CT molecular complexity index is 388. The summed E-state index contributed by atoms with van der Waals surface area (Å²) in [6.07, 6.45) is 0.549. The van der Waals surface area contributed by atoms with Gasteiger partial charge in [0.05, 0.1) is 5.41 Å². The van der Waals surface area contributed by atoms with Gasteiger partial charge in [0.2, 0.25) is 11.8 Å². The summed E-state index contributed by atoms with van der Waals surface area (Å²) < 4.78 is 0. The van der Waals surface area contributed by atoms with Crippen molar-refractivity contribution in [2.75, 3.05) is 32.1 Å². The van der Waals surface area contributed by atoms with Gasteiger partial charge < -0.3 is 14.6 Å². The second-order valence-electron chi connectivity index (χ2n) is 5.89. The minimum atomic E-state index is -0.567. The maximum atomic E-state index is 12.2. The van der Waals surface area contributed by atoms with Crippen LogP contribution in [-0.4, -0.2) is 59.5 Å². The number of halogens is 1. The molecule has 0 N–H and O–H groups in total. The highest BCUT2D eigenvalue weighted by atomic mass is 35.5. The molecule has 0 aromatic rings. The van der Waals surface area contributed by atoms with Gasteiger partial charge in [0.1, 0.15) is 5.78 Å². The van der Waals surface area contributed by atoms with Crippen LogP contribution < -0.4 is 0 Å². The fraction of sp³-hybridized carbons (Fsp3) is 0.786. The van der Waals surface area contributed by atoms with Crippen molar-refractivity contribution in [3.63, 3.8) is 0 Å². The van der Waals surface area contributed by atoms with Gasteiger partial charge in [0, 0.05) is 44.9 Å². The van der Waals surface area contributed by atoms with E-state index in [-0.39, 0.29) is 36.3 Å². The van der Waals surface area contributed by atoms with Crippen molar-refractivity contribution in [2.45, 2.75) is 33.6 Å². The zero-order valence-corrected chi connectivity index (χ0v) is 13.2. The van der Waals surface area contributed by atoms with Crippen LogP contribution in [0.5, 0.6) is 0 Å². The van der Waals surface area contributed by atoms with Crippen molar-refractivity contribution in [1.29, 1.82) is 0 Å². The number of hydrogen-bond acceptors (Lipinski definition) is 3. The van der Waals surface area contributed by atoms with E-state index in [0.29, 0.717) is 26.2 Å². The van der Waals surface area contributed by atoms with E-state index in [0.717, 1.165) is 0 Å². The fourth-order valence-electron chi connectivity index (χ4n) is 2.09. The number of hydrogen-bond donors (Lipinski definition) is 0. The normalized spacial score (nSPS) is 16.2. The molecule has 0 saturated carbocycles. The van der Waals surface area contributed by atoms with Gasteiger partial charge in [0.15, 0.2) is 0 Å². The number of ketones is 1. The van der Waals surface area contributed by atoms with Crippen LogP contribution in [0.15, 0.2) is 0 Å². The molecule has 6 heteroatoms. The maximum Gasteiger partial charge on any atom is 0.229 e. The first kappa shape index (κ1) is 17.0. The highest BCUT2D eigenvalue weighted by molar-refractivity contribution is 6.19. The van der Waals surface area contributed by atoms with E-state index < -0.39 is 5.41 Å². The standard InChI is InChI=1S/C14H23ClN2O3/c1-11(18)4-5-12(19)16-6-8-17(9-7-16)13(20)14(2,3)10-15/h4-10H2,1-3H3. The van der Waals surface area contributed by atoms with Gasteiger partial charge in [-0.3, -0.25) is 9.59 Å². The highest BCUT2D eigenvalue weighted by Crippen LogP contribution is 2.21. The largest absolute Gasteiger partial charge is 0.339 e. The summed E-state index contributed by atoms with van der Waals surface area (Å²) in [5, 5.41) is 0. The Morgan fingerprint density at radius 3 is 1.95 bits per heavy atom. The number of Topliss-reactive ketones (excluding diaryl/α,β-unsaturated/α-hetero) is 1. The molecule has 0 bridgehead atoms. The molecule has 0 aliphatic carbocycles. The summed E-state index contributed by atoms with van der Waals surface area (Å²) in [7, 11) is 0. The summed E-state index contributed by atoms with van der Waals surface area (Å²) in [4.78, 5) is 38.5. The number of carbonyl (C=O) groups excluding carboxylic acids is 3. The SMILES string of the molecule is CC(=O)CCC(=O)N1CCN(C(=O)C(C)(C)CCl)CC1. The topological polar surface area (TPSA) is 57.7 Å². The summed E-state index contributed by atoms with van der Waals surface area (Å²) >= 11 is 5.81. The average molecular weight is 303 g/mol. The van der Waals surface area contributed by atoms with Crippen LogP contribution in [0, 0.1) is 5.41 Å². The molecule has 0 aromatic carbocycles. The van der Waals surface area contributed by atoms with Crippen molar-refractivity contribution < 1.29 is 14.4 Å². The summed E-state index contributed by atoms with van der Waals surface area (Å²) in [6.45, 7) is 7.26. The average Bonchev–Trinajstić information content (AvgIpc) is 2.44. The maximum absolute atomic E-state index is 12.2. The molecule has 1 fully saturated rings. The molecule has 1 heterocycles. The number of carbonyl (C=O) groups is 3. The Morgan fingerprint density at radius 2 is 1.50 bits per heavy atom. The minimum absolute atomic E-state index is 0.0103. The van der Waals surface area contributed by atoms with E-state index in [1.807, 2.05) is 13.8 Å². The molecule has 0 atom stereocenters. The van der Waals surface area contributed by atoms with E-state index >= 15 is 0 Å². The molecule has 20 heavy (non-hydrogen) atoms. The van der Waals surface area contributed by atoms with Crippen molar-refractivity contribution in [3.05, 3.63) is 0 Å². The number of amides is 2. The van der Waals surface area contributed by atoms with Crippen LogP contribution in [-0.2, 0) is 14.4 Å². The lowest BCUT2D eigenvalue weighted by atomic mass is 9.94. The molecule has 1 rings (SSSR count). The van der Waals surface area contributed by atoms with Gasteiger partial charge in [-0.05, 0) is 20.8 Å². The first-order chi connectivity index (χ1) is 9.27. The molecule has 0 radical (unpaired) electrons. The van der Waals surface area contributed by atoms with Crippen molar-refractivity contribution >= 4 is 29.2 Å². The zero-order chi connectivity index (χ0) is 15.3. The predicted octanol–water partition coefficient (Wildman–Crippen LogP) is 1.29. The van der Waals surface area contributed by atoms with Gasteiger partial charge in [0.25, 0.3) is 0 Å².